The first-order chi connectivity index (χ1) is 8.74. The van der Waals surface area contributed by atoms with Crippen molar-refractivity contribution in [1.29, 1.82) is 0 Å². The molecule has 3 heteroatoms. The van der Waals surface area contributed by atoms with Crippen LogP contribution in [0.15, 0.2) is 54.9 Å². The van der Waals surface area contributed by atoms with Crippen LogP contribution in [-0.4, -0.2) is 8.97 Å². The highest BCUT2D eigenvalue weighted by Gasteiger charge is 2.01. The Hall–Kier alpha value is -1.87. The van der Waals surface area contributed by atoms with Gasteiger partial charge in [-0.15, -0.1) is 0 Å². The molecule has 0 spiro atoms. The molecule has 2 aromatic heterocycles. The summed E-state index contributed by atoms with van der Waals surface area (Å²) in [7, 11) is 0. The Morgan fingerprint density at radius 1 is 1.06 bits per heavy atom. The lowest BCUT2D eigenvalue weighted by molar-refractivity contribution is 0.774. The molecule has 0 aliphatic heterocycles. The largest absolute Gasteiger partial charge is 0.318 e. The van der Waals surface area contributed by atoms with Crippen molar-refractivity contribution in [3.8, 4) is 0 Å². The van der Waals surface area contributed by atoms with Gasteiger partial charge in [-0.05, 0) is 36.8 Å². The lowest BCUT2D eigenvalue weighted by Gasteiger charge is -2.03. The molecule has 0 radical (unpaired) electrons. The number of pyridine rings is 1. The Kier molecular flexibility index (Phi) is 2.76. The number of benzene rings is 1. The molecule has 0 atom stereocenters. The molecule has 0 saturated heterocycles. The summed E-state index contributed by atoms with van der Waals surface area (Å²) in [4.78, 5) is 0. The monoisotopic (exact) mass is 254 g/mol. The fourth-order valence-corrected chi connectivity index (χ4v) is 2.38. The Morgan fingerprint density at radius 3 is 2.56 bits per heavy atom. The van der Waals surface area contributed by atoms with Crippen LogP contribution in [0.5, 0.6) is 0 Å². The van der Waals surface area contributed by atoms with E-state index in [4.69, 9.17) is 12.2 Å². The number of aromatic nitrogens is 2. The molecule has 0 unspecified atom stereocenters. The minimum atomic E-state index is 0.820. The summed E-state index contributed by atoms with van der Waals surface area (Å²) in [6, 6.07) is 14.7. The van der Waals surface area contributed by atoms with E-state index in [1.165, 1.54) is 11.1 Å². The van der Waals surface area contributed by atoms with E-state index in [1.54, 1.807) is 0 Å². The molecule has 0 N–H and O–H groups in total. The van der Waals surface area contributed by atoms with Crippen molar-refractivity contribution in [3.05, 3.63) is 70.8 Å². The minimum absolute atomic E-state index is 0.820. The molecule has 3 aromatic rings. The molecular weight excluding hydrogens is 240 g/mol. The summed E-state index contributed by atoms with van der Waals surface area (Å²) in [6.07, 6.45) is 4.10. The first-order valence-electron chi connectivity index (χ1n) is 5.96. The van der Waals surface area contributed by atoms with Crippen molar-refractivity contribution in [2.45, 2.75) is 13.5 Å². The molecule has 3 rings (SSSR count). The van der Waals surface area contributed by atoms with Gasteiger partial charge < -0.3 is 4.57 Å². The fourth-order valence-electron chi connectivity index (χ4n) is 2.09. The summed E-state index contributed by atoms with van der Waals surface area (Å²) in [5.41, 5.74) is 3.69. The van der Waals surface area contributed by atoms with Crippen LogP contribution in [0.25, 0.3) is 5.52 Å². The second-order valence-corrected chi connectivity index (χ2v) is 4.89. The highest BCUT2D eigenvalue weighted by Crippen LogP contribution is 2.10. The smallest absolute Gasteiger partial charge is 0.184 e. The number of imidazole rings is 1. The van der Waals surface area contributed by atoms with Gasteiger partial charge in [0.05, 0.1) is 5.52 Å². The third kappa shape index (κ3) is 1.97. The van der Waals surface area contributed by atoms with E-state index in [-0.39, 0.29) is 0 Å². The van der Waals surface area contributed by atoms with Crippen molar-refractivity contribution in [2.24, 2.45) is 0 Å². The van der Waals surface area contributed by atoms with E-state index in [9.17, 15) is 0 Å². The Labute approximate surface area is 111 Å². The minimum Gasteiger partial charge on any atom is -0.318 e. The number of rotatable bonds is 2. The first kappa shape index (κ1) is 11.2. The van der Waals surface area contributed by atoms with Crippen LogP contribution < -0.4 is 0 Å². The number of aryl methyl sites for hydroxylation is 1. The Morgan fingerprint density at radius 2 is 1.83 bits per heavy atom. The van der Waals surface area contributed by atoms with Gasteiger partial charge in [0.2, 0.25) is 0 Å². The van der Waals surface area contributed by atoms with E-state index in [2.05, 4.69) is 48.0 Å². The van der Waals surface area contributed by atoms with Crippen LogP contribution in [-0.2, 0) is 6.54 Å². The summed E-state index contributed by atoms with van der Waals surface area (Å²) in [5, 5.41) is 0. The van der Waals surface area contributed by atoms with Crippen molar-refractivity contribution in [2.75, 3.05) is 0 Å². The Balaban J connectivity index is 2.02. The van der Waals surface area contributed by atoms with E-state index in [1.807, 2.05) is 22.7 Å². The molecule has 0 fully saturated rings. The maximum Gasteiger partial charge on any atom is 0.184 e. The summed E-state index contributed by atoms with van der Waals surface area (Å²) in [6.45, 7) is 2.92. The first-order valence-corrected chi connectivity index (χ1v) is 6.37. The molecular formula is C15H14N2S. The zero-order valence-electron chi connectivity index (χ0n) is 10.2. The normalized spacial score (nSPS) is 10.9. The highest BCUT2D eigenvalue weighted by molar-refractivity contribution is 7.71. The lowest BCUT2D eigenvalue weighted by Crippen LogP contribution is -1.98. The van der Waals surface area contributed by atoms with Gasteiger partial charge >= 0.3 is 0 Å². The topological polar surface area (TPSA) is 9.34 Å². The molecule has 0 amide bonds. The molecule has 1 aromatic carbocycles. The molecule has 2 nitrogen and oxygen atoms in total. The average Bonchev–Trinajstić information content (AvgIpc) is 2.70. The van der Waals surface area contributed by atoms with Crippen LogP contribution in [0.1, 0.15) is 11.1 Å². The Bertz CT molecular complexity index is 735. The molecule has 0 aliphatic carbocycles. The van der Waals surface area contributed by atoms with Crippen LogP contribution >= 0.6 is 12.2 Å². The van der Waals surface area contributed by atoms with Gasteiger partial charge in [0.25, 0.3) is 0 Å². The maximum absolute atomic E-state index is 5.48. The summed E-state index contributed by atoms with van der Waals surface area (Å²) >= 11 is 5.48. The van der Waals surface area contributed by atoms with Crippen molar-refractivity contribution in [1.82, 2.24) is 8.97 Å². The number of nitrogens with zero attached hydrogens (tertiary/aromatic N) is 2. The van der Waals surface area contributed by atoms with Gasteiger partial charge in [0, 0.05) is 18.9 Å². The van der Waals surface area contributed by atoms with E-state index >= 15 is 0 Å². The zero-order chi connectivity index (χ0) is 12.5. The predicted octanol–water partition coefficient (Wildman–Crippen LogP) is 3.83. The summed E-state index contributed by atoms with van der Waals surface area (Å²) < 4.78 is 4.98. The second-order valence-electron chi connectivity index (χ2n) is 4.52. The number of fused-ring (bicyclic) bond motifs is 1. The molecule has 2 heterocycles. The quantitative estimate of drug-likeness (QED) is 0.632. The maximum atomic E-state index is 5.48. The van der Waals surface area contributed by atoms with E-state index < -0.39 is 0 Å². The predicted molar refractivity (Wildman–Crippen MR) is 76.5 cm³/mol. The second kappa shape index (κ2) is 4.42. The van der Waals surface area contributed by atoms with Crippen molar-refractivity contribution < 1.29 is 0 Å². The van der Waals surface area contributed by atoms with Crippen LogP contribution in [0.4, 0.5) is 0 Å². The lowest BCUT2D eigenvalue weighted by atomic mass is 10.1. The molecule has 18 heavy (non-hydrogen) atoms. The fraction of sp³-hybridized carbons (Fsp3) is 0.133. The standard InChI is InChI=1S/C15H14N2S/c1-12-5-7-13(8-6-12)10-16-11-14-4-2-3-9-17(14)15(16)18/h2-9,11H,10H2,1H3. The molecule has 0 saturated carbocycles. The van der Waals surface area contributed by atoms with Crippen molar-refractivity contribution in [3.63, 3.8) is 0 Å². The zero-order valence-corrected chi connectivity index (χ0v) is 11.0. The van der Waals surface area contributed by atoms with Gasteiger partial charge in [-0.1, -0.05) is 35.9 Å². The van der Waals surface area contributed by atoms with Gasteiger partial charge in [-0.2, -0.15) is 0 Å². The van der Waals surface area contributed by atoms with Crippen LogP contribution in [0.3, 0.4) is 0 Å². The van der Waals surface area contributed by atoms with Crippen LogP contribution in [0, 0.1) is 11.7 Å². The van der Waals surface area contributed by atoms with Gasteiger partial charge in [0.15, 0.2) is 4.77 Å². The van der Waals surface area contributed by atoms with Gasteiger partial charge in [-0.3, -0.25) is 4.40 Å². The van der Waals surface area contributed by atoms with E-state index in [0.29, 0.717) is 0 Å². The van der Waals surface area contributed by atoms with Crippen LogP contribution in [0.2, 0.25) is 0 Å². The molecule has 0 bridgehead atoms. The van der Waals surface area contributed by atoms with Crippen molar-refractivity contribution >= 4 is 17.7 Å². The average molecular weight is 254 g/mol. The SMILES string of the molecule is Cc1ccc(Cn2cc3ccccn3c2=S)cc1. The summed E-state index contributed by atoms with van der Waals surface area (Å²) in [5.74, 6) is 0. The third-order valence-corrected chi connectivity index (χ3v) is 3.54. The van der Waals surface area contributed by atoms with Gasteiger partial charge in [-0.25, -0.2) is 0 Å². The molecule has 90 valence electrons. The number of hydrogen-bond acceptors (Lipinski definition) is 1. The molecule has 0 aliphatic rings. The number of hydrogen-bond donors (Lipinski definition) is 0. The van der Waals surface area contributed by atoms with E-state index in [0.717, 1.165) is 16.8 Å². The third-order valence-electron chi connectivity index (χ3n) is 3.10. The highest BCUT2D eigenvalue weighted by atomic mass is 32.1. The van der Waals surface area contributed by atoms with Gasteiger partial charge in [0.1, 0.15) is 0 Å².